The second-order valence-electron chi connectivity index (χ2n) is 6.82. The van der Waals surface area contributed by atoms with Crippen molar-refractivity contribution in [1.29, 1.82) is 0 Å². The molecule has 6 nitrogen and oxygen atoms in total. The minimum Gasteiger partial charge on any atom is -0.493 e. The van der Waals surface area contributed by atoms with Gasteiger partial charge in [-0.1, -0.05) is 6.07 Å². The van der Waals surface area contributed by atoms with Gasteiger partial charge in [-0.05, 0) is 38.5 Å². The van der Waals surface area contributed by atoms with Crippen molar-refractivity contribution in [2.75, 3.05) is 14.2 Å². The zero-order chi connectivity index (χ0) is 18.9. The van der Waals surface area contributed by atoms with Crippen molar-refractivity contribution in [3.05, 3.63) is 23.8 Å². The normalized spacial score (nSPS) is 29.2. The number of benzene rings is 1. The Kier molecular flexibility index (Phi) is 5.32. The lowest BCUT2D eigenvalue weighted by Crippen LogP contribution is -2.53. The van der Waals surface area contributed by atoms with Gasteiger partial charge in [-0.2, -0.15) is 0 Å². The van der Waals surface area contributed by atoms with Crippen molar-refractivity contribution in [3.63, 3.8) is 0 Å². The van der Waals surface area contributed by atoms with Crippen LogP contribution in [0.3, 0.4) is 0 Å². The van der Waals surface area contributed by atoms with Crippen molar-refractivity contribution in [1.82, 2.24) is 0 Å². The van der Waals surface area contributed by atoms with Crippen LogP contribution in [-0.2, 0) is 14.4 Å². The lowest BCUT2D eigenvalue weighted by molar-refractivity contribution is -0.151. The van der Waals surface area contributed by atoms with E-state index in [2.05, 4.69) is 0 Å². The van der Waals surface area contributed by atoms with Crippen LogP contribution in [0.2, 0.25) is 0 Å². The van der Waals surface area contributed by atoms with Crippen LogP contribution in [-0.4, -0.2) is 42.3 Å². The van der Waals surface area contributed by atoms with E-state index in [1.165, 1.54) is 35.0 Å². The van der Waals surface area contributed by atoms with E-state index in [4.69, 9.17) is 9.47 Å². The van der Waals surface area contributed by atoms with Gasteiger partial charge in [0.05, 0.1) is 31.7 Å². The Bertz CT molecular complexity index is 706. The number of hydrogen-bond donors (Lipinski definition) is 1. The molecule has 0 spiro atoms. The summed E-state index contributed by atoms with van der Waals surface area (Å²) < 4.78 is 10.5. The first-order chi connectivity index (χ1) is 11.6. The Labute approximate surface area is 147 Å². The highest BCUT2D eigenvalue weighted by Gasteiger charge is 2.53. The molecule has 25 heavy (non-hydrogen) atoms. The Morgan fingerprint density at radius 2 is 1.72 bits per heavy atom. The highest BCUT2D eigenvalue weighted by atomic mass is 16.5. The number of ketones is 3. The molecule has 0 saturated heterocycles. The molecule has 1 aromatic carbocycles. The number of aliphatic hydroxyl groups is 1. The number of hydrogen-bond acceptors (Lipinski definition) is 6. The quantitative estimate of drug-likeness (QED) is 0.818. The van der Waals surface area contributed by atoms with Gasteiger partial charge in [0.25, 0.3) is 0 Å². The summed E-state index contributed by atoms with van der Waals surface area (Å²) in [4.78, 5) is 37.0. The monoisotopic (exact) mass is 348 g/mol. The minimum atomic E-state index is -1.51. The summed E-state index contributed by atoms with van der Waals surface area (Å²) in [5.41, 5.74) is -0.918. The molecule has 0 aliphatic heterocycles. The number of carbonyl (C=O) groups is 3. The molecule has 4 atom stereocenters. The largest absolute Gasteiger partial charge is 0.493 e. The summed E-state index contributed by atoms with van der Waals surface area (Å²) in [6.45, 7) is 4.19. The average molecular weight is 348 g/mol. The predicted molar refractivity (Wildman–Crippen MR) is 90.9 cm³/mol. The number of methoxy groups -OCH3 is 2. The fraction of sp³-hybridized carbons (Fsp3) is 0.526. The first-order valence-electron chi connectivity index (χ1n) is 8.12. The van der Waals surface area contributed by atoms with Crippen LogP contribution in [0.5, 0.6) is 11.5 Å². The first kappa shape index (κ1) is 19.1. The molecule has 0 radical (unpaired) electrons. The number of Topliss-reactive ketones (excluding diaryl/α,β-unsaturated/α-hetero) is 3. The zero-order valence-electron chi connectivity index (χ0n) is 15.2. The molecule has 1 aromatic rings. The van der Waals surface area contributed by atoms with E-state index in [1.807, 2.05) is 0 Å². The lowest BCUT2D eigenvalue weighted by Gasteiger charge is -2.44. The SMILES string of the molecule is COc1ccc([C@@H]2[C@@H](C(C)=O)C(=O)C[C@](C)(O)[C@H]2C(C)=O)cc1OC. The fourth-order valence-corrected chi connectivity index (χ4v) is 3.97. The molecule has 0 unspecified atom stereocenters. The second kappa shape index (κ2) is 6.96. The van der Waals surface area contributed by atoms with E-state index in [1.54, 1.807) is 18.2 Å². The summed E-state index contributed by atoms with van der Waals surface area (Å²) in [7, 11) is 2.98. The maximum atomic E-state index is 12.5. The van der Waals surface area contributed by atoms with Crippen molar-refractivity contribution < 1.29 is 29.0 Å². The van der Waals surface area contributed by atoms with Crippen LogP contribution in [0.15, 0.2) is 18.2 Å². The van der Waals surface area contributed by atoms with E-state index in [0.717, 1.165) is 0 Å². The van der Waals surface area contributed by atoms with Gasteiger partial charge in [-0.3, -0.25) is 14.4 Å². The Hall–Kier alpha value is -2.21. The molecular formula is C19H24O6. The molecule has 1 aliphatic rings. The first-order valence-corrected chi connectivity index (χ1v) is 8.12. The number of carbonyl (C=O) groups excluding carboxylic acids is 3. The molecule has 136 valence electrons. The standard InChI is InChI=1S/C19H24O6/c1-10(20)16-13(22)9-19(3,23)18(11(2)21)17(16)12-6-7-14(24-4)15(8-12)25-5/h6-8,16-18,23H,9H2,1-5H3/t16-,17+,18-,19-/m0/s1. The molecular weight excluding hydrogens is 324 g/mol. The number of rotatable bonds is 5. The smallest absolute Gasteiger partial charge is 0.160 e. The van der Waals surface area contributed by atoms with Gasteiger partial charge in [-0.15, -0.1) is 0 Å². The molecule has 0 heterocycles. The van der Waals surface area contributed by atoms with Crippen LogP contribution in [0.4, 0.5) is 0 Å². The van der Waals surface area contributed by atoms with Gasteiger partial charge >= 0.3 is 0 Å². The summed E-state index contributed by atoms with van der Waals surface area (Å²) in [5.74, 6) is -2.57. The van der Waals surface area contributed by atoms with Crippen LogP contribution in [0.25, 0.3) is 0 Å². The average Bonchev–Trinajstić information content (AvgIpc) is 2.51. The second-order valence-corrected chi connectivity index (χ2v) is 6.82. The maximum absolute atomic E-state index is 12.5. The third-order valence-electron chi connectivity index (χ3n) is 4.94. The van der Waals surface area contributed by atoms with Crippen LogP contribution in [0.1, 0.15) is 38.7 Å². The summed E-state index contributed by atoms with van der Waals surface area (Å²) in [6, 6.07) is 5.02. The van der Waals surface area contributed by atoms with E-state index in [0.29, 0.717) is 17.1 Å². The molecule has 1 aliphatic carbocycles. The fourth-order valence-electron chi connectivity index (χ4n) is 3.97. The van der Waals surface area contributed by atoms with Crippen LogP contribution >= 0.6 is 0 Å². The summed E-state index contributed by atoms with van der Waals surface area (Å²) >= 11 is 0. The highest BCUT2D eigenvalue weighted by molar-refractivity contribution is 6.05. The van der Waals surface area contributed by atoms with E-state index in [-0.39, 0.29) is 23.8 Å². The van der Waals surface area contributed by atoms with Crippen molar-refractivity contribution in [2.45, 2.75) is 38.7 Å². The van der Waals surface area contributed by atoms with E-state index in [9.17, 15) is 19.5 Å². The van der Waals surface area contributed by atoms with Gasteiger partial charge in [-0.25, -0.2) is 0 Å². The van der Waals surface area contributed by atoms with Gasteiger partial charge in [0.1, 0.15) is 17.3 Å². The highest BCUT2D eigenvalue weighted by Crippen LogP contribution is 2.47. The number of ether oxygens (including phenoxy) is 2. The summed E-state index contributed by atoms with van der Waals surface area (Å²) in [6.07, 6.45) is -0.217. The molecule has 1 fully saturated rings. The van der Waals surface area contributed by atoms with E-state index >= 15 is 0 Å². The Morgan fingerprint density at radius 3 is 2.20 bits per heavy atom. The van der Waals surface area contributed by atoms with Gasteiger partial charge < -0.3 is 14.6 Å². The lowest BCUT2D eigenvalue weighted by atomic mass is 9.60. The molecule has 1 saturated carbocycles. The molecule has 0 aromatic heterocycles. The molecule has 0 bridgehead atoms. The predicted octanol–water partition coefficient (Wildman–Crippen LogP) is 1.92. The van der Waals surface area contributed by atoms with Crippen molar-refractivity contribution >= 4 is 17.3 Å². The maximum Gasteiger partial charge on any atom is 0.160 e. The zero-order valence-corrected chi connectivity index (χ0v) is 15.2. The molecule has 0 amide bonds. The third kappa shape index (κ3) is 3.44. The third-order valence-corrected chi connectivity index (χ3v) is 4.94. The van der Waals surface area contributed by atoms with Crippen LogP contribution in [0, 0.1) is 11.8 Å². The van der Waals surface area contributed by atoms with Crippen molar-refractivity contribution in [2.24, 2.45) is 11.8 Å². The Morgan fingerprint density at radius 1 is 1.12 bits per heavy atom. The minimum absolute atomic E-state index is 0.217. The van der Waals surface area contributed by atoms with Gasteiger partial charge in [0, 0.05) is 12.3 Å². The summed E-state index contributed by atoms with van der Waals surface area (Å²) in [5, 5.41) is 10.7. The van der Waals surface area contributed by atoms with Gasteiger partial charge in [0.15, 0.2) is 11.5 Å². The molecule has 2 rings (SSSR count). The van der Waals surface area contributed by atoms with Crippen LogP contribution < -0.4 is 9.47 Å². The Balaban J connectivity index is 2.66. The molecule has 1 N–H and O–H groups in total. The molecule has 6 heteroatoms. The van der Waals surface area contributed by atoms with E-state index < -0.39 is 23.4 Å². The van der Waals surface area contributed by atoms with Gasteiger partial charge in [0.2, 0.25) is 0 Å². The topological polar surface area (TPSA) is 89.9 Å². The van der Waals surface area contributed by atoms with Crippen molar-refractivity contribution in [3.8, 4) is 11.5 Å².